The zero-order chi connectivity index (χ0) is 13.0. The van der Waals surface area contributed by atoms with E-state index in [1.54, 1.807) is 6.33 Å². The van der Waals surface area contributed by atoms with Crippen LogP contribution in [0, 0.1) is 11.8 Å². The number of aliphatic hydroxyl groups excluding tert-OH is 1. The number of rotatable bonds is 3. The van der Waals surface area contributed by atoms with Gasteiger partial charge in [-0.05, 0) is 0 Å². The first-order chi connectivity index (χ1) is 8.74. The van der Waals surface area contributed by atoms with Crippen molar-refractivity contribution in [2.75, 3.05) is 25.6 Å². The van der Waals surface area contributed by atoms with Gasteiger partial charge in [-0.3, -0.25) is 0 Å². The summed E-state index contributed by atoms with van der Waals surface area (Å²) in [5.41, 5.74) is 1.54. The Morgan fingerprint density at radius 3 is 2.83 bits per heavy atom. The zero-order valence-electron chi connectivity index (χ0n) is 10.5. The predicted molar refractivity (Wildman–Crippen MR) is 69.1 cm³/mol. The molecule has 0 spiro atoms. The molecule has 0 bridgehead atoms. The number of aromatic nitrogens is 4. The summed E-state index contributed by atoms with van der Waals surface area (Å²) in [5, 5.41) is 8.64. The number of hydrogen-bond acceptors (Lipinski definition) is 5. The molecular formula is C12H15N5O. The smallest absolute Gasteiger partial charge is 0.166 e. The Hall–Kier alpha value is -2.13. The topological polar surface area (TPSA) is 67.1 Å². The van der Waals surface area contributed by atoms with Gasteiger partial charge in [-0.15, -0.1) is 0 Å². The molecule has 0 saturated heterocycles. The maximum absolute atomic E-state index is 8.64. The Morgan fingerprint density at radius 2 is 2.11 bits per heavy atom. The van der Waals surface area contributed by atoms with E-state index in [9.17, 15) is 0 Å². The van der Waals surface area contributed by atoms with Crippen LogP contribution in [0.4, 0.5) is 5.82 Å². The van der Waals surface area contributed by atoms with Crippen LogP contribution in [0.2, 0.25) is 0 Å². The molecule has 6 nitrogen and oxygen atoms in total. The first-order valence-corrected chi connectivity index (χ1v) is 5.63. The quantitative estimate of drug-likeness (QED) is 0.787. The van der Waals surface area contributed by atoms with E-state index in [2.05, 4.69) is 26.8 Å². The average Bonchev–Trinajstić information content (AvgIpc) is 2.77. The molecule has 2 aromatic rings. The van der Waals surface area contributed by atoms with Gasteiger partial charge in [0.2, 0.25) is 0 Å². The van der Waals surface area contributed by atoms with Gasteiger partial charge in [0.05, 0.1) is 19.5 Å². The van der Waals surface area contributed by atoms with Gasteiger partial charge in [0.25, 0.3) is 0 Å². The highest BCUT2D eigenvalue weighted by Gasteiger charge is 2.10. The molecule has 0 aliphatic rings. The summed E-state index contributed by atoms with van der Waals surface area (Å²) in [4.78, 5) is 14.6. The van der Waals surface area contributed by atoms with E-state index in [4.69, 9.17) is 5.11 Å². The Kier molecular flexibility index (Phi) is 3.75. The first kappa shape index (κ1) is 12.3. The Morgan fingerprint density at radius 1 is 1.28 bits per heavy atom. The van der Waals surface area contributed by atoms with Crippen LogP contribution in [0.5, 0.6) is 0 Å². The fourth-order valence-electron chi connectivity index (χ4n) is 1.60. The maximum atomic E-state index is 8.64. The second kappa shape index (κ2) is 5.47. The Labute approximate surface area is 105 Å². The predicted octanol–water partition coefficient (Wildman–Crippen LogP) is 0.278. The molecule has 1 N–H and O–H groups in total. The summed E-state index contributed by atoms with van der Waals surface area (Å²) in [7, 11) is 3.84. The normalized spacial score (nSPS) is 10.2. The largest absolute Gasteiger partial charge is 0.395 e. The van der Waals surface area contributed by atoms with E-state index in [1.165, 1.54) is 6.33 Å². The minimum atomic E-state index is 0.0879. The van der Waals surface area contributed by atoms with Crippen molar-refractivity contribution in [1.82, 2.24) is 19.5 Å². The fraction of sp³-hybridized carbons (Fsp3) is 0.417. The third kappa shape index (κ3) is 2.41. The first-order valence-electron chi connectivity index (χ1n) is 5.63. The lowest BCUT2D eigenvalue weighted by Crippen LogP contribution is -2.11. The van der Waals surface area contributed by atoms with Crippen LogP contribution in [0.15, 0.2) is 12.7 Å². The van der Waals surface area contributed by atoms with E-state index in [0.717, 1.165) is 17.0 Å². The number of aliphatic hydroxyl groups is 1. The highest BCUT2D eigenvalue weighted by molar-refractivity contribution is 5.83. The van der Waals surface area contributed by atoms with Crippen LogP contribution in [-0.4, -0.2) is 45.3 Å². The molecule has 2 heterocycles. The molecule has 0 aromatic carbocycles. The zero-order valence-corrected chi connectivity index (χ0v) is 10.5. The number of fused-ring (bicyclic) bond motifs is 1. The summed E-state index contributed by atoms with van der Waals surface area (Å²) in [6.07, 6.45) is 3.72. The van der Waals surface area contributed by atoms with Crippen molar-refractivity contribution in [2.45, 2.75) is 13.0 Å². The standard InChI is InChI=1S/C12H15N5O/c1-16(2)11-10-12(14-8-13-11)17(9-15-10)6-4-3-5-7-18/h8-9,18H,5-7H2,1-2H3. The Bertz CT molecular complexity index is 593. The monoisotopic (exact) mass is 245 g/mol. The molecule has 0 aliphatic carbocycles. The summed E-state index contributed by atoms with van der Waals surface area (Å²) in [6.45, 7) is 0.602. The number of nitrogens with zero attached hydrogens (tertiary/aromatic N) is 5. The third-order valence-corrected chi connectivity index (χ3v) is 2.42. The lowest BCUT2D eigenvalue weighted by molar-refractivity contribution is 0.305. The van der Waals surface area contributed by atoms with E-state index in [0.29, 0.717) is 13.0 Å². The van der Waals surface area contributed by atoms with Crippen LogP contribution in [-0.2, 0) is 6.54 Å². The van der Waals surface area contributed by atoms with Gasteiger partial charge in [-0.25, -0.2) is 15.0 Å². The van der Waals surface area contributed by atoms with Crippen LogP contribution >= 0.6 is 0 Å². The molecule has 18 heavy (non-hydrogen) atoms. The molecule has 0 radical (unpaired) electrons. The van der Waals surface area contributed by atoms with Crippen molar-refractivity contribution >= 4 is 17.0 Å². The van der Waals surface area contributed by atoms with E-state index < -0.39 is 0 Å². The van der Waals surface area contributed by atoms with E-state index >= 15 is 0 Å². The summed E-state index contributed by atoms with van der Waals surface area (Å²) in [5.74, 6) is 6.64. The van der Waals surface area contributed by atoms with Crippen molar-refractivity contribution in [3.05, 3.63) is 12.7 Å². The SMILES string of the molecule is CN(C)c1ncnc2c1ncn2CC#CCCO. The lowest BCUT2D eigenvalue weighted by atomic mass is 10.4. The molecule has 0 aliphatic heterocycles. The van der Waals surface area contributed by atoms with Gasteiger partial charge < -0.3 is 14.6 Å². The summed E-state index contributed by atoms with van der Waals surface area (Å²) < 4.78 is 1.87. The van der Waals surface area contributed by atoms with Crippen molar-refractivity contribution in [3.63, 3.8) is 0 Å². The molecule has 0 unspecified atom stereocenters. The fourth-order valence-corrected chi connectivity index (χ4v) is 1.60. The molecule has 94 valence electrons. The molecule has 6 heteroatoms. The van der Waals surface area contributed by atoms with Crippen molar-refractivity contribution in [1.29, 1.82) is 0 Å². The van der Waals surface area contributed by atoms with Gasteiger partial charge in [0.1, 0.15) is 6.33 Å². The second-order valence-electron chi connectivity index (χ2n) is 3.96. The van der Waals surface area contributed by atoms with Gasteiger partial charge in [0.15, 0.2) is 17.0 Å². The summed E-state index contributed by atoms with van der Waals surface area (Å²) in [6, 6.07) is 0. The van der Waals surface area contributed by atoms with Gasteiger partial charge >= 0.3 is 0 Å². The summed E-state index contributed by atoms with van der Waals surface area (Å²) >= 11 is 0. The van der Waals surface area contributed by atoms with Crippen LogP contribution in [0.25, 0.3) is 11.2 Å². The minimum Gasteiger partial charge on any atom is -0.395 e. The second-order valence-corrected chi connectivity index (χ2v) is 3.96. The van der Waals surface area contributed by atoms with Gasteiger partial charge in [-0.2, -0.15) is 0 Å². The van der Waals surface area contributed by atoms with Crippen molar-refractivity contribution in [2.24, 2.45) is 0 Å². The molecule has 0 atom stereocenters. The van der Waals surface area contributed by atoms with Crippen molar-refractivity contribution < 1.29 is 5.11 Å². The molecular weight excluding hydrogens is 230 g/mol. The van der Waals surface area contributed by atoms with Gasteiger partial charge in [0, 0.05) is 20.5 Å². The maximum Gasteiger partial charge on any atom is 0.166 e. The highest BCUT2D eigenvalue weighted by Crippen LogP contribution is 2.18. The Balaban J connectivity index is 2.32. The number of hydrogen-bond donors (Lipinski definition) is 1. The molecule has 2 aromatic heterocycles. The van der Waals surface area contributed by atoms with Crippen LogP contribution < -0.4 is 4.90 Å². The van der Waals surface area contributed by atoms with E-state index in [-0.39, 0.29) is 6.61 Å². The van der Waals surface area contributed by atoms with Gasteiger partial charge in [-0.1, -0.05) is 11.8 Å². The third-order valence-electron chi connectivity index (χ3n) is 2.42. The van der Waals surface area contributed by atoms with Crippen LogP contribution in [0.1, 0.15) is 6.42 Å². The minimum absolute atomic E-state index is 0.0879. The number of anilines is 1. The van der Waals surface area contributed by atoms with Crippen LogP contribution in [0.3, 0.4) is 0 Å². The molecule has 0 amide bonds. The average molecular weight is 245 g/mol. The highest BCUT2D eigenvalue weighted by atomic mass is 16.2. The van der Waals surface area contributed by atoms with E-state index in [1.807, 2.05) is 23.6 Å². The molecule has 2 rings (SSSR count). The lowest BCUT2D eigenvalue weighted by Gasteiger charge is -2.10. The molecule has 0 saturated carbocycles. The van der Waals surface area contributed by atoms with Crippen molar-refractivity contribution in [3.8, 4) is 11.8 Å². The number of imidazole rings is 1. The molecule has 0 fully saturated rings.